The molecule has 0 aromatic carbocycles. The second-order valence-electron chi connectivity index (χ2n) is 5.20. The molecule has 0 spiro atoms. The highest BCUT2D eigenvalue weighted by Gasteiger charge is 2.44. The topological polar surface area (TPSA) is 76.1 Å². The highest BCUT2D eigenvalue weighted by molar-refractivity contribution is 7.12. The first kappa shape index (κ1) is 15.8. The maximum absolute atomic E-state index is 12.5. The Morgan fingerprint density at radius 2 is 2.24 bits per heavy atom. The third-order valence-electron chi connectivity index (χ3n) is 3.76. The lowest BCUT2D eigenvalue weighted by molar-refractivity contribution is -0.155. The zero-order chi connectivity index (χ0) is 15.5. The van der Waals surface area contributed by atoms with Gasteiger partial charge in [0, 0.05) is 31.6 Å². The molecular formula is C14H19NO5S. The fraction of sp³-hybridized carbons (Fsp3) is 0.571. The molecule has 2 rings (SSSR count). The molecule has 6 nitrogen and oxygen atoms in total. The van der Waals surface area contributed by atoms with Gasteiger partial charge < -0.3 is 19.5 Å². The molecule has 1 aromatic rings. The lowest BCUT2D eigenvalue weighted by Gasteiger charge is -2.39. The van der Waals surface area contributed by atoms with E-state index in [2.05, 4.69) is 0 Å². The maximum atomic E-state index is 12.5. The molecule has 116 valence electrons. The third kappa shape index (κ3) is 3.19. The molecule has 0 bridgehead atoms. The van der Waals surface area contributed by atoms with Crippen molar-refractivity contribution in [2.75, 3.05) is 33.9 Å². The average Bonchev–Trinajstić information content (AvgIpc) is 2.96. The standard InChI is InChI=1S/C14H19NO5S/c1-19-9-14(13(17)18)4-3-5-15(8-14)12(16)11-6-10(20-2)7-21-11/h6-7H,3-5,8-9H2,1-2H3,(H,17,18). The summed E-state index contributed by atoms with van der Waals surface area (Å²) in [4.78, 5) is 26.2. The van der Waals surface area contributed by atoms with Crippen molar-refractivity contribution >= 4 is 23.2 Å². The molecule has 1 aromatic heterocycles. The van der Waals surface area contributed by atoms with E-state index < -0.39 is 11.4 Å². The van der Waals surface area contributed by atoms with E-state index in [0.29, 0.717) is 30.0 Å². The molecule has 1 atom stereocenters. The van der Waals surface area contributed by atoms with Crippen LogP contribution in [0.15, 0.2) is 11.4 Å². The summed E-state index contributed by atoms with van der Waals surface area (Å²) in [6.45, 7) is 0.854. The first-order valence-electron chi connectivity index (χ1n) is 6.66. The van der Waals surface area contributed by atoms with Gasteiger partial charge in [-0.05, 0) is 12.8 Å². The molecule has 0 saturated carbocycles. The van der Waals surface area contributed by atoms with Gasteiger partial charge in [0.25, 0.3) is 5.91 Å². The van der Waals surface area contributed by atoms with Crippen LogP contribution in [0.5, 0.6) is 5.75 Å². The van der Waals surface area contributed by atoms with Gasteiger partial charge in [0.2, 0.25) is 0 Å². The van der Waals surface area contributed by atoms with Gasteiger partial charge in [0.15, 0.2) is 0 Å². The van der Waals surface area contributed by atoms with Gasteiger partial charge in [-0.1, -0.05) is 0 Å². The second kappa shape index (κ2) is 6.44. The number of carboxylic acid groups (broad SMARTS) is 1. The molecule has 7 heteroatoms. The Morgan fingerprint density at radius 1 is 1.48 bits per heavy atom. The van der Waals surface area contributed by atoms with E-state index in [4.69, 9.17) is 9.47 Å². The van der Waals surface area contributed by atoms with Gasteiger partial charge in [-0.15, -0.1) is 11.3 Å². The number of carbonyl (C=O) groups excluding carboxylic acids is 1. The first-order chi connectivity index (χ1) is 10.0. The SMILES string of the molecule is COCC1(C(=O)O)CCCN(C(=O)c2cc(OC)cs2)C1. The van der Waals surface area contributed by atoms with Crippen molar-refractivity contribution in [2.24, 2.45) is 5.41 Å². The van der Waals surface area contributed by atoms with Crippen LogP contribution in [0.4, 0.5) is 0 Å². The van der Waals surface area contributed by atoms with E-state index >= 15 is 0 Å². The van der Waals surface area contributed by atoms with E-state index in [1.807, 2.05) is 0 Å². The Kier molecular flexibility index (Phi) is 4.84. The summed E-state index contributed by atoms with van der Waals surface area (Å²) in [5.41, 5.74) is -1.01. The lowest BCUT2D eigenvalue weighted by Crippen LogP contribution is -2.52. The van der Waals surface area contributed by atoms with Crippen molar-refractivity contribution in [1.82, 2.24) is 4.90 Å². The van der Waals surface area contributed by atoms with Gasteiger partial charge in [-0.25, -0.2) is 0 Å². The van der Waals surface area contributed by atoms with E-state index in [1.54, 1.807) is 23.5 Å². The summed E-state index contributed by atoms with van der Waals surface area (Å²) < 4.78 is 10.1. The number of nitrogens with zero attached hydrogens (tertiary/aromatic N) is 1. The Labute approximate surface area is 127 Å². The van der Waals surface area contributed by atoms with Crippen molar-refractivity contribution in [2.45, 2.75) is 12.8 Å². The minimum atomic E-state index is -1.01. The Hall–Kier alpha value is -1.60. The predicted molar refractivity (Wildman–Crippen MR) is 78.0 cm³/mol. The van der Waals surface area contributed by atoms with Crippen LogP contribution < -0.4 is 4.74 Å². The summed E-state index contributed by atoms with van der Waals surface area (Å²) >= 11 is 1.30. The zero-order valence-electron chi connectivity index (χ0n) is 12.1. The van der Waals surface area contributed by atoms with E-state index in [0.717, 1.165) is 0 Å². The van der Waals surface area contributed by atoms with Gasteiger partial charge in [-0.3, -0.25) is 9.59 Å². The number of amides is 1. The van der Waals surface area contributed by atoms with Crippen molar-refractivity contribution < 1.29 is 24.2 Å². The number of carboxylic acids is 1. The molecule has 2 heterocycles. The number of methoxy groups -OCH3 is 2. The molecule has 1 fully saturated rings. The largest absolute Gasteiger partial charge is 0.496 e. The first-order valence-corrected chi connectivity index (χ1v) is 7.54. The fourth-order valence-corrected chi connectivity index (χ4v) is 3.45. The number of hydrogen-bond acceptors (Lipinski definition) is 5. The average molecular weight is 313 g/mol. The van der Waals surface area contributed by atoms with Crippen LogP contribution in [0, 0.1) is 5.41 Å². The Balaban J connectivity index is 2.16. The number of aliphatic carboxylic acids is 1. The van der Waals surface area contributed by atoms with Crippen LogP contribution in [0.2, 0.25) is 0 Å². The van der Waals surface area contributed by atoms with Crippen molar-refractivity contribution in [3.63, 3.8) is 0 Å². The second-order valence-corrected chi connectivity index (χ2v) is 6.11. The van der Waals surface area contributed by atoms with Gasteiger partial charge in [0.1, 0.15) is 11.2 Å². The molecule has 1 N–H and O–H groups in total. The molecule has 21 heavy (non-hydrogen) atoms. The minimum Gasteiger partial charge on any atom is -0.496 e. The number of ether oxygens (including phenoxy) is 2. The summed E-state index contributed by atoms with van der Waals surface area (Å²) in [5.74, 6) is -0.419. The zero-order valence-corrected chi connectivity index (χ0v) is 12.9. The highest BCUT2D eigenvalue weighted by Crippen LogP contribution is 2.32. The number of piperidine rings is 1. The van der Waals surface area contributed by atoms with Gasteiger partial charge >= 0.3 is 5.97 Å². The minimum absolute atomic E-state index is 0.111. The lowest BCUT2D eigenvalue weighted by atomic mass is 9.80. The molecule has 1 aliphatic heterocycles. The summed E-state index contributed by atoms with van der Waals surface area (Å²) in [5, 5.41) is 11.3. The van der Waals surface area contributed by atoms with Crippen LogP contribution in [0.25, 0.3) is 0 Å². The third-order valence-corrected chi connectivity index (χ3v) is 4.66. The number of carbonyl (C=O) groups is 2. The molecule has 1 amide bonds. The quantitative estimate of drug-likeness (QED) is 0.895. The van der Waals surface area contributed by atoms with Crippen LogP contribution >= 0.6 is 11.3 Å². The van der Waals surface area contributed by atoms with E-state index in [1.165, 1.54) is 18.4 Å². The highest BCUT2D eigenvalue weighted by atomic mass is 32.1. The van der Waals surface area contributed by atoms with Crippen LogP contribution in [-0.4, -0.2) is 55.8 Å². The number of hydrogen-bond donors (Lipinski definition) is 1. The van der Waals surface area contributed by atoms with Crippen molar-refractivity contribution in [1.29, 1.82) is 0 Å². The smallest absolute Gasteiger partial charge is 0.313 e. The summed E-state index contributed by atoms with van der Waals surface area (Å²) in [6.07, 6.45) is 1.18. The summed E-state index contributed by atoms with van der Waals surface area (Å²) in [7, 11) is 3.03. The predicted octanol–water partition coefficient (Wildman–Crippen LogP) is 1.71. The summed E-state index contributed by atoms with van der Waals surface area (Å²) in [6, 6.07) is 1.68. The van der Waals surface area contributed by atoms with E-state index in [9.17, 15) is 14.7 Å². The maximum Gasteiger partial charge on any atom is 0.313 e. The monoisotopic (exact) mass is 313 g/mol. The molecule has 0 radical (unpaired) electrons. The fourth-order valence-electron chi connectivity index (χ4n) is 2.63. The van der Waals surface area contributed by atoms with Gasteiger partial charge in [0.05, 0.1) is 18.6 Å². The van der Waals surface area contributed by atoms with Crippen LogP contribution in [-0.2, 0) is 9.53 Å². The van der Waals surface area contributed by atoms with Crippen molar-refractivity contribution in [3.8, 4) is 5.75 Å². The molecule has 0 aliphatic carbocycles. The molecule has 1 unspecified atom stereocenters. The number of thiophene rings is 1. The van der Waals surface area contributed by atoms with Crippen molar-refractivity contribution in [3.05, 3.63) is 16.3 Å². The Morgan fingerprint density at radius 3 is 2.81 bits per heavy atom. The number of rotatable bonds is 5. The molecular weight excluding hydrogens is 294 g/mol. The number of likely N-dealkylation sites (tertiary alicyclic amines) is 1. The normalized spacial score (nSPS) is 22.1. The van der Waals surface area contributed by atoms with Crippen LogP contribution in [0.1, 0.15) is 22.5 Å². The molecule has 1 aliphatic rings. The van der Waals surface area contributed by atoms with Gasteiger partial charge in [-0.2, -0.15) is 0 Å². The van der Waals surface area contributed by atoms with E-state index in [-0.39, 0.29) is 19.1 Å². The molecule has 1 saturated heterocycles. The Bertz CT molecular complexity index is 525. The van der Waals surface area contributed by atoms with Crippen LogP contribution in [0.3, 0.4) is 0 Å².